The van der Waals surface area contributed by atoms with Gasteiger partial charge >= 0.3 is 0 Å². The van der Waals surface area contributed by atoms with Crippen molar-refractivity contribution in [2.75, 3.05) is 20.1 Å². The summed E-state index contributed by atoms with van der Waals surface area (Å²) in [5.74, 6) is 0.288. The summed E-state index contributed by atoms with van der Waals surface area (Å²) >= 11 is 0. The van der Waals surface area contributed by atoms with E-state index in [4.69, 9.17) is 0 Å². The molecule has 7 heteroatoms. The lowest BCUT2D eigenvalue weighted by molar-refractivity contribution is 0.0963. The fourth-order valence-corrected chi connectivity index (χ4v) is 2.47. The SMILES string of the molecule is CCNC(=NCc1ccccc1F)NCCc1cccc(C(=O)NC)c1.I. The van der Waals surface area contributed by atoms with Crippen molar-refractivity contribution in [1.29, 1.82) is 0 Å². The molecule has 0 bridgehead atoms. The highest BCUT2D eigenvalue weighted by molar-refractivity contribution is 14.0. The molecular formula is C20H26FIN4O. The van der Waals surface area contributed by atoms with Gasteiger partial charge in [-0.3, -0.25) is 4.79 Å². The van der Waals surface area contributed by atoms with E-state index < -0.39 is 0 Å². The summed E-state index contributed by atoms with van der Waals surface area (Å²) in [6, 6.07) is 14.2. The standard InChI is InChI=1S/C20H25FN4O.HI/c1-3-23-20(25-14-17-8-4-5-10-18(17)21)24-12-11-15-7-6-9-16(13-15)19(26)22-2;/h4-10,13H,3,11-12,14H2,1-2H3,(H,22,26)(H2,23,24,25);1H. The Hall–Kier alpha value is -2.16. The number of carbonyl (C=O) groups excluding carboxylic acids is 1. The molecule has 0 aliphatic heterocycles. The van der Waals surface area contributed by atoms with Crippen LogP contribution in [0.1, 0.15) is 28.4 Å². The van der Waals surface area contributed by atoms with Crippen LogP contribution >= 0.6 is 24.0 Å². The molecule has 0 saturated heterocycles. The number of guanidine groups is 1. The first-order chi connectivity index (χ1) is 12.6. The predicted molar refractivity (Wildman–Crippen MR) is 118 cm³/mol. The molecule has 1 amide bonds. The molecule has 27 heavy (non-hydrogen) atoms. The van der Waals surface area contributed by atoms with Gasteiger partial charge in [-0.2, -0.15) is 0 Å². The maximum atomic E-state index is 13.7. The summed E-state index contributed by atoms with van der Waals surface area (Å²) in [6.45, 7) is 3.62. The molecule has 0 spiro atoms. The third-order valence-corrected chi connectivity index (χ3v) is 3.83. The highest BCUT2D eigenvalue weighted by Gasteiger charge is 2.05. The van der Waals surface area contributed by atoms with Crippen LogP contribution in [0.2, 0.25) is 0 Å². The van der Waals surface area contributed by atoms with E-state index in [0.717, 1.165) is 18.5 Å². The molecule has 0 aromatic heterocycles. The number of benzene rings is 2. The first kappa shape index (κ1) is 22.9. The predicted octanol–water partition coefficient (Wildman–Crippen LogP) is 3.10. The number of rotatable bonds is 7. The van der Waals surface area contributed by atoms with Crippen molar-refractivity contribution in [2.24, 2.45) is 4.99 Å². The second-order valence-corrected chi connectivity index (χ2v) is 5.74. The van der Waals surface area contributed by atoms with E-state index in [1.807, 2.05) is 25.1 Å². The average molecular weight is 484 g/mol. The molecule has 0 aliphatic rings. The zero-order valence-corrected chi connectivity index (χ0v) is 17.9. The van der Waals surface area contributed by atoms with Crippen molar-refractivity contribution in [2.45, 2.75) is 19.9 Å². The highest BCUT2D eigenvalue weighted by atomic mass is 127. The Labute approximate surface area is 176 Å². The fourth-order valence-electron chi connectivity index (χ4n) is 2.47. The van der Waals surface area contributed by atoms with Crippen LogP contribution < -0.4 is 16.0 Å². The molecule has 0 aliphatic carbocycles. The largest absolute Gasteiger partial charge is 0.357 e. The molecule has 0 unspecified atom stereocenters. The lowest BCUT2D eigenvalue weighted by Crippen LogP contribution is -2.38. The molecule has 2 rings (SSSR count). The molecule has 0 saturated carbocycles. The van der Waals surface area contributed by atoms with Crippen molar-refractivity contribution < 1.29 is 9.18 Å². The number of carbonyl (C=O) groups is 1. The van der Waals surface area contributed by atoms with E-state index in [9.17, 15) is 9.18 Å². The molecule has 0 fully saturated rings. The highest BCUT2D eigenvalue weighted by Crippen LogP contribution is 2.08. The molecular weight excluding hydrogens is 458 g/mol. The minimum absolute atomic E-state index is 0. The van der Waals surface area contributed by atoms with E-state index in [-0.39, 0.29) is 42.2 Å². The fraction of sp³-hybridized carbons (Fsp3) is 0.300. The zero-order valence-electron chi connectivity index (χ0n) is 15.6. The normalized spacial score (nSPS) is 10.7. The van der Waals surface area contributed by atoms with Crippen LogP contribution in [0.5, 0.6) is 0 Å². The second-order valence-electron chi connectivity index (χ2n) is 5.74. The maximum absolute atomic E-state index is 13.7. The van der Waals surface area contributed by atoms with Gasteiger partial charge in [-0.05, 0) is 37.1 Å². The number of hydrogen-bond acceptors (Lipinski definition) is 2. The van der Waals surface area contributed by atoms with Crippen LogP contribution in [0.15, 0.2) is 53.5 Å². The van der Waals surface area contributed by atoms with Crippen molar-refractivity contribution >= 4 is 35.8 Å². The third kappa shape index (κ3) is 7.54. The smallest absolute Gasteiger partial charge is 0.251 e. The molecule has 146 valence electrons. The Kier molecular flexibility index (Phi) is 10.4. The molecule has 3 N–H and O–H groups in total. The van der Waals surface area contributed by atoms with Gasteiger partial charge in [0.2, 0.25) is 0 Å². The molecule has 0 heterocycles. The molecule has 2 aromatic carbocycles. The number of hydrogen-bond donors (Lipinski definition) is 3. The minimum Gasteiger partial charge on any atom is -0.357 e. The molecule has 2 aromatic rings. The van der Waals surface area contributed by atoms with Crippen LogP contribution in [0.4, 0.5) is 4.39 Å². The average Bonchev–Trinajstić information content (AvgIpc) is 2.66. The number of amides is 1. The van der Waals surface area contributed by atoms with Gasteiger partial charge < -0.3 is 16.0 Å². The molecule has 5 nitrogen and oxygen atoms in total. The zero-order chi connectivity index (χ0) is 18.8. The van der Waals surface area contributed by atoms with Gasteiger partial charge in [-0.25, -0.2) is 9.38 Å². The topological polar surface area (TPSA) is 65.5 Å². The third-order valence-electron chi connectivity index (χ3n) is 3.83. The van der Waals surface area contributed by atoms with Crippen molar-refractivity contribution in [3.05, 3.63) is 71.0 Å². The van der Waals surface area contributed by atoms with Crippen LogP contribution in [-0.4, -0.2) is 32.0 Å². The van der Waals surface area contributed by atoms with Gasteiger partial charge in [0.05, 0.1) is 6.54 Å². The van der Waals surface area contributed by atoms with E-state index in [0.29, 0.717) is 23.6 Å². The number of aliphatic imine (C=N–C) groups is 1. The lowest BCUT2D eigenvalue weighted by Gasteiger charge is -2.12. The summed E-state index contributed by atoms with van der Waals surface area (Å²) < 4.78 is 13.7. The van der Waals surface area contributed by atoms with Crippen LogP contribution in [0.3, 0.4) is 0 Å². The second kappa shape index (κ2) is 12.3. The van der Waals surface area contributed by atoms with Crippen LogP contribution in [0, 0.1) is 5.82 Å². The van der Waals surface area contributed by atoms with Gasteiger partial charge in [0.1, 0.15) is 5.82 Å². The minimum atomic E-state index is -0.252. The number of halogens is 2. The number of nitrogens with one attached hydrogen (secondary N) is 3. The van der Waals surface area contributed by atoms with Gasteiger partial charge in [0.25, 0.3) is 5.91 Å². The Bertz CT molecular complexity index is 767. The van der Waals surface area contributed by atoms with Gasteiger partial charge in [0, 0.05) is 31.3 Å². The van der Waals surface area contributed by atoms with E-state index in [2.05, 4.69) is 20.9 Å². The molecule has 0 radical (unpaired) electrons. The maximum Gasteiger partial charge on any atom is 0.251 e. The summed E-state index contributed by atoms with van der Waals surface area (Å²) in [7, 11) is 1.62. The van der Waals surface area contributed by atoms with E-state index in [1.54, 1.807) is 31.3 Å². The van der Waals surface area contributed by atoms with Crippen LogP contribution in [-0.2, 0) is 13.0 Å². The Morgan fingerprint density at radius 3 is 2.59 bits per heavy atom. The Morgan fingerprint density at radius 2 is 1.89 bits per heavy atom. The van der Waals surface area contributed by atoms with Gasteiger partial charge in [0.15, 0.2) is 5.96 Å². The quantitative estimate of drug-likeness (QED) is 0.322. The Balaban J connectivity index is 0.00000364. The first-order valence-electron chi connectivity index (χ1n) is 8.70. The van der Waals surface area contributed by atoms with Crippen molar-refractivity contribution in [3.63, 3.8) is 0 Å². The van der Waals surface area contributed by atoms with Crippen LogP contribution in [0.25, 0.3) is 0 Å². The summed E-state index contributed by atoms with van der Waals surface area (Å²) in [6.07, 6.45) is 0.745. The van der Waals surface area contributed by atoms with E-state index >= 15 is 0 Å². The number of nitrogens with zero attached hydrogens (tertiary/aromatic N) is 1. The lowest BCUT2D eigenvalue weighted by atomic mass is 10.1. The first-order valence-corrected chi connectivity index (χ1v) is 8.70. The summed E-state index contributed by atoms with van der Waals surface area (Å²) in [5, 5.41) is 9.01. The van der Waals surface area contributed by atoms with Gasteiger partial charge in [-0.15, -0.1) is 24.0 Å². The summed E-state index contributed by atoms with van der Waals surface area (Å²) in [5.41, 5.74) is 2.26. The monoisotopic (exact) mass is 484 g/mol. The van der Waals surface area contributed by atoms with E-state index in [1.165, 1.54) is 6.07 Å². The van der Waals surface area contributed by atoms with Gasteiger partial charge in [-0.1, -0.05) is 30.3 Å². The Morgan fingerprint density at radius 1 is 1.11 bits per heavy atom. The summed E-state index contributed by atoms with van der Waals surface area (Å²) in [4.78, 5) is 16.1. The van der Waals surface area contributed by atoms with Crippen molar-refractivity contribution in [1.82, 2.24) is 16.0 Å². The molecule has 0 atom stereocenters. The van der Waals surface area contributed by atoms with Crippen molar-refractivity contribution in [3.8, 4) is 0 Å².